The first-order valence-electron chi connectivity index (χ1n) is 3.68. The van der Waals surface area contributed by atoms with Gasteiger partial charge in [-0.1, -0.05) is 6.92 Å². The van der Waals surface area contributed by atoms with Gasteiger partial charge in [0, 0.05) is 13.0 Å². The van der Waals surface area contributed by atoms with E-state index in [1.54, 1.807) is 6.20 Å². The molecule has 0 saturated heterocycles. The summed E-state index contributed by atoms with van der Waals surface area (Å²) in [5.74, 6) is 0. The molecule has 0 amide bonds. The summed E-state index contributed by atoms with van der Waals surface area (Å²) < 4.78 is 0. The van der Waals surface area contributed by atoms with Crippen molar-refractivity contribution in [2.24, 2.45) is 0 Å². The fraction of sp³-hybridized carbons (Fsp3) is 0.250. The highest BCUT2D eigenvalue weighted by molar-refractivity contribution is 5.73. The van der Waals surface area contributed by atoms with Gasteiger partial charge < -0.3 is 0 Å². The molecule has 0 bridgehead atoms. The summed E-state index contributed by atoms with van der Waals surface area (Å²) in [5, 5.41) is 7.79. The standard InChI is InChI=1S/C8H9N3.H2/c1-2-6-3-7-5-10-11-8(7)9-4-6;/h3-5H,2H2,1H3,(H,9,10,11);1H. The van der Waals surface area contributed by atoms with Crippen LogP contribution in [0, 0.1) is 0 Å². The third-order valence-electron chi connectivity index (χ3n) is 1.76. The number of pyridine rings is 1. The third-order valence-corrected chi connectivity index (χ3v) is 1.76. The van der Waals surface area contributed by atoms with Crippen molar-refractivity contribution in [3.63, 3.8) is 0 Å². The van der Waals surface area contributed by atoms with Crippen LogP contribution in [0.4, 0.5) is 0 Å². The van der Waals surface area contributed by atoms with Crippen LogP contribution in [0.5, 0.6) is 0 Å². The minimum Gasteiger partial charge on any atom is -0.261 e. The van der Waals surface area contributed by atoms with Crippen molar-refractivity contribution >= 4 is 11.0 Å². The van der Waals surface area contributed by atoms with E-state index in [0.29, 0.717) is 0 Å². The van der Waals surface area contributed by atoms with Crippen LogP contribution in [-0.4, -0.2) is 15.2 Å². The number of aromatic amines is 1. The fourth-order valence-electron chi connectivity index (χ4n) is 1.08. The predicted molar refractivity (Wildman–Crippen MR) is 45.4 cm³/mol. The van der Waals surface area contributed by atoms with E-state index in [0.717, 1.165) is 17.5 Å². The summed E-state index contributed by atoms with van der Waals surface area (Å²) >= 11 is 0. The van der Waals surface area contributed by atoms with E-state index in [1.807, 2.05) is 6.20 Å². The number of hydrogen-bond donors (Lipinski definition) is 1. The quantitative estimate of drug-likeness (QED) is 0.671. The van der Waals surface area contributed by atoms with Gasteiger partial charge in [-0.15, -0.1) is 0 Å². The summed E-state index contributed by atoms with van der Waals surface area (Å²) in [4.78, 5) is 4.19. The molecule has 0 atom stereocenters. The number of hydrogen-bond acceptors (Lipinski definition) is 2. The van der Waals surface area contributed by atoms with Gasteiger partial charge >= 0.3 is 0 Å². The molecule has 0 aromatic carbocycles. The molecule has 0 aliphatic heterocycles. The molecule has 58 valence electrons. The molecule has 1 N–H and O–H groups in total. The monoisotopic (exact) mass is 149 g/mol. The van der Waals surface area contributed by atoms with Crippen LogP contribution in [0.25, 0.3) is 11.0 Å². The summed E-state index contributed by atoms with van der Waals surface area (Å²) in [5.41, 5.74) is 2.11. The molecular weight excluding hydrogens is 138 g/mol. The van der Waals surface area contributed by atoms with E-state index in [4.69, 9.17) is 0 Å². The van der Waals surface area contributed by atoms with Gasteiger partial charge in [0.05, 0.1) is 6.20 Å². The maximum Gasteiger partial charge on any atom is 0.155 e. The Morgan fingerprint density at radius 2 is 2.45 bits per heavy atom. The van der Waals surface area contributed by atoms with Gasteiger partial charge in [-0.2, -0.15) is 5.10 Å². The van der Waals surface area contributed by atoms with Crippen molar-refractivity contribution in [2.45, 2.75) is 13.3 Å². The molecule has 0 radical (unpaired) electrons. The smallest absolute Gasteiger partial charge is 0.155 e. The molecule has 2 heterocycles. The Morgan fingerprint density at radius 3 is 3.27 bits per heavy atom. The van der Waals surface area contributed by atoms with Crippen molar-refractivity contribution in [1.82, 2.24) is 15.2 Å². The van der Waals surface area contributed by atoms with Crippen molar-refractivity contribution in [3.8, 4) is 0 Å². The highest BCUT2D eigenvalue weighted by atomic mass is 15.1. The first-order valence-corrected chi connectivity index (χ1v) is 3.68. The topological polar surface area (TPSA) is 41.6 Å². The summed E-state index contributed by atoms with van der Waals surface area (Å²) in [7, 11) is 0. The van der Waals surface area contributed by atoms with Crippen LogP contribution in [0.15, 0.2) is 18.5 Å². The number of nitrogens with one attached hydrogen (secondary N) is 1. The Bertz CT molecular complexity index is 369. The van der Waals surface area contributed by atoms with Crippen molar-refractivity contribution in [3.05, 3.63) is 24.0 Å². The zero-order valence-corrected chi connectivity index (χ0v) is 6.33. The number of fused-ring (bicyclic) bond motifs is 1. The molecule has 0 aliphatic rings. The van der Waals surface area contributed by atoms with E-state index < -0.39 is 0 Å². The van der Waals surface area contributed by atoms with Gasteiger partial charge in [-0.3, -0.25) is 5.10 Å². The molecule has 2 aromatic rings. The van der Waals surface area contributed by atoms with Crippen LogP contribution in [0.1, 0.15) is 13.9 Å². The van der Waals surface area contributed by atoms with E-state index in [1.165, 1.54) is 5.56 Å². The second kappa shape index (κ2) is 2.34. The molecule has 0 saturated carbocycles. The molecule has 3 nitrogen and oxygen atoms in total. The van der Waals surface area contributed by atoms with Gasteiger partial charge in [0.15, 0.2) is 5.65 Å². The lowest BCUT2D eigenvalue weighted by Crippen LogP contribution is -1.82. The van der Waals surface area contributed by atoms with Gasteiger partial charge in [0.2, 0.25) is 0 Å². The SMILES string of the molecule is CCc1cnc2[nH]ncc2c1.[HH]. The van der Waals surface area contributed by atoms with Crippen LogP contribution < -0.4 is 0 Å². The Morgan fingerprint density at radius 1 is 1.55 bits per heavy atom. The molecule has 0 spiro atoms. The number of aryl methyl sites for hydroxylation is 1. The highest BCUT2D eigenvalue weighted by Crippen LogP contribution is 2.09. The number of H-pyrrole nitrogens is 1. The summed E-state index contributed by atoms with van der Waals surface area (Å²) in [6, 6.07) is 2.10. The largest absolute Gasteiger partial charge is 0.261 e. The van der Waals surface area contributed by atoms with E-state index in [-0.39, 0.29) is 1.43 Å². The number of rotatable bonds is 1. The lowest BCUT2D eigenvalue weighted by atomic mass is 10.2. The van der Waals surface area contributed by atoms with Crippen LogP contribution in [-0.2, 0) is 6.42 Å². The summed E-state index contributed by atoms with van der Waals surface area (Å²) in [6.45, 7) is 2.11. The van der Waals surface area contributed by atoms with Gasteiger partial charge in [0.25, 0.3) is 0 Å². The average molecular weight is 149 g/mol. The van der Waals surface area contributed by atoms with Gasteiger partial charge in [-0.05, 0) is 18.1 Å². The average Bonchev–Trinajstić information content (AvgIpc) is 2.50. The van der Waals surface area contributed by atoms with E-state index in [9.17, 15) is 0 Å². The van der Waals surface area contributed by atoms with Gasteiger partial charge in [-0.25, -0.2) is 4.98 Å². The van der Waals surface area contributed by atoms with Gasteiger partial charge in [0.1, 0.15) is 0 Å². The molecule has 3 heteroatoms. The number of nitrogens with zero attached hydrogens (tertiary/aromatic N) is 2. The lowest BCUT2D eigenvalue weighted by Gasteiger charge is -1.93. The Balaban J connectivity index is 0.000000720. The Labute approximate surface area is 65.9 Å². The van der Waals surface area contributed by atoms with Crippen LogP contribution >= 0.6 is 0 Å². The lowest BCUT2D eigenvalue weighted by molar-refractivity contribution is 1.08. The van der Waals surface area contributed by atoms with E-state index >= 15 is 0 Å². The highest BCUT2D eigenvalue weighted by Gasteiger charge is 1.96. The summed E-state index contributed by atoms with van der Waals surface area (Å²) in [6.07, 6.45) is 4.69. The van der Waals surface area contributed by atoms with Crippen LogP contribution in [0.2, 0.25) is 0 Å². The first kappa shape index (κ1) is 6.34. The minimum absolute atomic E-state index is 0. The molecule has 0 fully saturated rings. The minimum atomic E-state index is 0. The zero-order chi connectivity index (χ0) is 7.68. The first-order chi connectivity index (χ1) is 5.40. The zero-order valence-electron chi connectivity index (χ0n) is 6.33. The molecule has 2 aromatic heterocycles. The molecule has 0 aliphatic carbocycles. The fourth-order valence-corrected chi connectivity index (χ4v) is 1.08. The van der Waals surface area contributed by atoms with Crippen LogP contribution in [0.3, 0.4) is 0 Å². The Kier molecular flexibility index (Phi) is 1.35. The predicted octanol–water partition coefficient (Wildman–Crippen LogP) is 1.77. The normalized spacial score (nSPS) is 10.6. The van der Waals surface area contributed by atoms with Crippen molar-refractivity contribution in [1.29, 1.82) is 0 Å². The maximum atomic E-state index is 4.19. The second-order valence-corrected chi connectivity index (χ2v) is 2.50. The molecule has 2 rings (SSSR count). The number of aromatic nitrogens is 3. The Hall–Kier alpha value is -1.38. The molecular formula is C8H11N3. The maximum absolute atomic E-state index is 4.19. The molecule has 0 unspecified atom stereocenters. The third kappa shape index (κ3) is 0.981. The van der Waals surface area contributed by atoms with E-state index in [2.05, 4.69) is 28.2 Å². The molecule has 11 heavy (non-hydrogen) atoms. The van der Waals surface area contributed by atoms with Crippen molar-refractivity contribution in [2.75, 3.05) is 0 Å². The van der Waals surface area contributed by atoms with Crippen molar-refractivity contribution < 1.29 is 1.43 Å². The second-order valence-electron chi connectivity index (χ2n) is 2.50.